The fourth-order valence-electron chi connectivity index (χ4n) is 5.21. The van der Waals surface area contributed by atoms with E-state index in [0.717, 1.165) is 22.7 Å². The summed E-state index contributed by atoms with van der Waals surface area (Å²) < 4.78 is 33.4. The highest BCUT2D eigenvalue weighted by Gasteiger charge is 2.34. The summed E-state index contributed by atoms with van der Waals surface area (Å²) in [5.74, 6) is 0. The lowest BCUT2D eigenvalue weighted by Gasteiger charge is -2.31. The molecule has 0 aliphatic heterocycles. The van der Waals surface area contributed by atoms with E-state index < -0.39 is 15.7 Å². The summed E-state index contributed by atoms with van der Waals surface area (Å²) in [5.41, 5.74) is 4.95. The van der Waals surface area contributed by atoms with Gasteiger partial charge < -0.3 is 21.1 Å². The van der Waals surface area contributed by atoms with Crippen LogP contribution in [0.1, 0.15) is 16.7 Å². The molecule has 0 aliphatic rings. The molecule has 45 heavy (non-hydrogen) atoms. The molecule has 0 spiro atoms. The van der Waals surface area contributed by atoms with Crippen LogP contribution in [0, 0.1) is 0 Å². The summed E-state index contributed by atoms with van der Waals surface area (Å²) in [4.78, 5) is -0.223. The van der Waals surface area contributed by atoms with Crippen LogP contribution in [0.25, 0.3) is 0 Å². The van der Waals surface area contributed by atoms with Crippen molar-refractivity contribution in [1.29, 1.82) is 0 Å². The Kier molecular flexibility index (Phi) is 8.35. The number of benzene rings is 6. The smallest absolute Gasteiger partial charge is 0.296 e. The predicted molar refractivity (Wildman–Crippen MR) is 180 cm³/mol. The molecule has 0 atom stereocenters. The molecule has 0 fully saturated rings. The maximum Gasteiger partial charge on any atom is 0.296 e. The zero-order chi connectivity index (χ0) is 31.3. The van der Waals surface area contributed by atoms with E-state index in [1.807, 2.05) is 109 Å². The Hall–Kier alpha value is -5.41. The molecule has 8 heteroatoms. The summed E-state index contributed by atoms with van der Waals surface area (Å²) >= 11 is 0. The topological polar surface area (TPSA) is 111 Å². The van der Waals surface area contributed by atoms with Crippen molar-refractivity contribution in [2.45, 2.75) is 10.5 Å². The maximum atomic E-state index is 12.5. The van der Waals surface area contributed by atoms with E-state index in [0.29, 0.717) is 22.4 Å². The van der Waals surface area contributed by atoms with Crippen molar-refractivity contribution in [3.05, 3.63) is 174 Å². The zero-order valence-corrected chi connectivity index (χ0v) is 24.9. The van der Waals surface area contributed by atoms with Crippen LogP contribution >= 0.6 is 0 Å². The van der Waals surface area contributed by atoms with Crippen LogP contribution in [-0.2, 0) is 15.7 Å². The molecule has 7 nitrogen and oxygen atoms in total. The maximum absolute atomic E-state index is 12.5. The summed E-state index contributed by atoms with van der Waals surface area (Å²) in [6.45, 7) is 0. The van der Waals surface area contributed by atoms with Gasteiger partial charge in [0.2, 0.25) is 0 Å². The lowest BCUT2D eigenvalue weighted by Crippen LogP contribution is -2.28. The molecule has 0 saturated carbocycles. The highest BCUT2D eigenvalue weighted by Crippen LogP contribution is 2.39. The first-order chi connectivity index (χ1) is 21.8. The number of para-hydroxylation sites is 3. The van der Waals surface area contributed by atoms with E-state index in [2.05, 4.69) is 16.0 Å². The third-order valence-corrected chi connectivity index (χ3v) is 8.39. The fourth-order valence-corrected chi connectivity index (χ4v) is 5.86. The summed E-state index contributed by atoms with van der Waals surface area (Å²) in [5, 5.41) is 22.4. The lowest BCUT2D eigenvalue weighted by molar-refractivity contribution is 0.126. The standard InChI is InChI=1S/C37H31N3O4S/c41-37(27-15-21-32(22-16-27)38-30-9-3-1-4-10-30,28-17-23-33(24-18-28)39-31-11-5-2-6-12-31)29-19-25-34(26-20-29)40-35-13-7-8-14-36(35)45(42,43)44/h1-26,38-41H,(H,42,43,44). The number of anilines is 6. The highest BCUT2D eigenvalue weighted by molar-refractivity contribution is 7.86. The molecule has 0 heterocycles. The van der Waals surface area contributed by atoms with Crippen LogP contribution in [0.4, 0.5) is 34.1 Å². The molecular weight excluding hydrogens is 582 g/mol. The van der Waals surface area contributed by atoms with Gasteiger partial charge in [-0.2, -0.15) is 8.42 Å². The van der Waals surface area contributed by atoms with Crippen molar-refractivity contribution < 1.29 is 18.1 Å². The van der Waals surface area contributed by atoms with Crippen molar-refractivity contribution in [1.82, 2.24) is 0 Å². The predicted octanol–water partition coefficient (Wildman–Crippen LogP) is 8.45. The van der Waals surface area contributed by atoms with Gasteiger partial charge in [0.25, 0.3) is 10.1 Å². The number of aliphatic hydroxyl groups is 1. The van der Waals surface area contributed by atoms with Crippen LogP contribution in [0.5, 0.6) is 0 Å². The average molecular weight is 614 g/mol. The van der Waals surface area contributed by atoms with Gasteiger partial charge >= 0.3 is 0 Å². The fraction of sp³-hybridized carbons (Fsp3) is 0.0270. The minimum Gasteiger partial charge on any atom is -0.376 e. The van der Waals surface area contributed by atoms with Gasteiger partial charge in [0.1, 0.15) is 10.5 Å². The second-order valence-electron chi connectivity index (χ2n) is 10.5. The molecule has 0 aliphatic carbocycles. The van der Waals surface area contributed by atoms with Gasteiger partial charge in [0.05, 0.1) is 5.69 Å². The second kappa shape index (κ2) is 12.7. The van der Waals surface area contributed by atoms with Crippen LogP contribution in [0.15, 0.2) is 163 Å². The molecule has 0 unspecified atom stereocenters. The van der Waals surface area contributed by atoms with Gasteiger partial charge in [-0.1, -0.05) is 84.9 Å². The van der Waals surface area contributed by atoms with Gasteiger partial charge in [-0.25, -0.2) is 0 Å². The Balaban J connectivity index is 1.34. The molecule has 5 N–H and O–H groups in total. The minimum absolute atomic E-state index is 0.223. The van der Waals surface area contributed by atoms with Crippen molar-refractivity contribution in [3.8, 4) is 0 Å². The molecule has 224 valence electrons. The molecular formula is C37H31N3O4S. The quantitative estimate of drug-likeness (QED) is 0.0779. The number of hydrogen-bond donors (Lipinski definition) is 5. The van der Waals surface area contributed by atoms with E-state index in [-0.39, 0.29) is 10.6 Å². The first kappa shape index (κ1) is 29.7. The number of nitrogens with one attached hydrogen (secondary N) is 3. The van der Waals surface area contributed by atoms with Crippen molar-refractivity contribution >= 4 is 44.2 Å². The summed E-state index contributed by atoms with van der Waals surface area (Å²) in [6.07, 6.45) is 0. The van der Waals surface area contributed by atoms with E-state index in [1.165, 1.54) is 6.07 Å². The highest BCUT2D eigenvalue weighted by atomic mass is 32.2. The Bertz CT molecular complexity index is 1900. The number of rotatable bonds is 10. The Morgan fingerprint density at radius 2 is 0.756 bits per heavy atom. The second-order valence-corrected chi connectivity index (χ2v) is 11.9. The van der Waals surface area contributed by atoms with Gasteiger partial charge in [-0.3, -0.25) is 4.55 Å². The van der Waals surface area contributed by atoms with Crippen molar-refractivity contribution in [3.63, 3.8) is 0 Å². The largest absolute Gasteiger partial charge is 0.376 e. The molecule has 0 saturated heterocycles. The molecule has 6 aromatic carbocycles. The van der Waals surface area contributed by atoms with Gasteiger partial charge in [-0.05, 0) is 89.5 Å². The summed E-state index contributed by atoms with van der Waals surface area (Å²) in [7, 11) is -4.42. The normalized spacial score (nSPS) is 11.5. The summed E-state index contributed by atoms with van der Waals surface area (Å²) in [6, 6.07) is 48.3. The van der Waals surface area contributed by atoms with Crippen LogP contribution in [-0.4, -0.2) is 18.1 Å². The van der Waals surface area contributed by atoms with Gasteiger partial charge in [0.15, 0.2) is 0 Å². The minimum atomic E-state index is -4.42. The molecule has 0 aromatic heterocycles. The van der Waals surface area contributed by atoms with E-state index >= 15 is 0 Å². The molecule has 6 rings (SSSR count). The first-order valence-electron chi connectivity index (χ1n) is 14.3. The van der Waals surface area contributed by atoms with Gasteiger partial charge in [-0.15, -0.1) is 0 Å². The first-order valence-corrected chi connectivity index (χ1v) is 15.7. The van der Waals surface area contributed by atoms with Crippen molar-refractivity contribution in [2.75, 3.05) is 16.0 Å². The Morgan fingerprint density at radius 3 is 1.16 bits per heavy atom. The zero-order valence-electron chi connectivity index (χ0n) is 24.1. The van der Waals surface area contributed by atoms with E-state index in [9.17, 15) is 18.1 Å². The molecule has 0 radical (unpaired) electrons. The van der Waals surface area contributed by atoms with Crippen LogP contribution in [0.3, 0.4) is 0 Å². The monoisotopic (exact) mass is 613 g/mol. The number of hydrogen-bond acceptors (Lipinski definition) is 6. The molecule has 6 aromatic rings. The van der Waals surface area contributed by atoms with E-state index in [4.69, 9.17) is 0 Å². The average Bonchev–Trinajstić information content (AvgIpc) is 3.06. The van der Waals surface area contributed by atoms with E-state index in [1.54, 1.807) is 42.5 Å². The molecule has 0 amide bonds. The Labute approximate surface area is 262 Å². The SMILES string of the molecule is O=S(=O)(O)c1ccccc1Nc1ccc(C(O)(c2ccc(Nc3ccccc3)cc2)c2ccc(Nc3ccccc3)cc2)cc1. The third-order valence-electron chi connectivity index (χ3n) is 7.48. The van der Waals surface area contributed by atoms with Crippen molar-refractivity contribution in [2.24, 2.45) is 0 Å². The van der Waals surface area contributed by atoms with Crippen LogP contribution in [0.2, 0.25) is 0 Å². The lowest BCUT2D eigenvalue weighted by atomic mass is 9.80. The Morgan fingerprint density at radius 1 is 0.422 bits per heavy atom. The molecule has 0 bridgehead atoms. The van der Waals surface area contributed by atoms with Crippen LogP contribution < -0.4 is 16.0 Å². The third kappa shape index (κ3) is 6.73. The van der Waals surface area contributed by atoms with Gasteiger partial charge in [0, 0.05) is 28.4 Å².